The number of hydrogen-bond donors (Lipinski definition) is 1. The van der Waals surface area contributed by atoms with E-state index in [0.29, 0.717) is 25.1 Å². The van der Waals surface area contributed by atoms with Crippen LogP contribution < -0.4 is 5.32 Å². The van der Waals surface area contributed by atoms with Gasteiger partial charge in [0.05, 0.1) is 6.61 Å². The molecule has 0 aromatic rings. The lowest BCUT2D eigenvalue weighted by atomic mass is 9.94. The zero-order valence-corrected chi connectivity index (χ0v) is 13.6. The number of rotatable bonds is 4. The number of carbonyl (C=O) groups is 1. The summed E-state index contributed by atoms with van der Waals surface area (Å²) < 4.78 is 5.61. The Hall–Kier alpha value is -0.320. The first-order chi connectivity index (χ1) is 9.18. The average Bonchev–Trinajstić information content (AvgIpc) is 2.45. The Kier molecular flexibility index (Phi) is 7.85. The highest BCUT2D eigenvalue weighted by Gasteiger charge is 2.32. The Balaban J connectivity index is 0.00000200. The molecule has 4 nitrogen and oxygen atoms in total. The minimum atomic E-state index is -0.256. The lowest BCUT2D eigenvalue weighted by molar-refractivity contribution is -0.149. The Bertz CT molecular complexity index is 294. The molecule has 0 saturated carbocycles. The molecule has 118 valence electrons. The number of nitrogens with one attached hydrogen (secondary N) is 1. The van der Waals surface area contributed by atoms with E-state index in [1.165, 1.54) is 19.3 Å². The molecule has 2 aliphatic rings. The maximum absolute atomic E-state index is 12.6. The van der Waals surface area contributed by atoms with Crippen molar-refractivity contribution >= 4 is 18.3 Å². The van der Waals surface area contributed by atoms with Crippen molar-refractivity contribution in [2.45, 2.75) is 58.1 Å². The monoisotopic (exact) mass is 304 g/mol. The van der Waals surface area contributed by atoms with Crippen LogP contribution in [0.15, 0.2) is 0 Å². The highest BCUT2D eigenvalue weighted by Crippen LogP contribution is 2.24. The lowest BCUT2D eigenvalue weighted by Gasteiger charge is -2.39. The predicted molar refractivity (Wildman–Crippen MR) is 83.3 cm³/mol. The Morgan fingerprint density at radius 3 is 2.85 bits per heavy atom. The molecule has 0 aromatic heterocycles. The number of piperidine rings is 1. The zero-order valence-electron chi connectivity index (χ0n) is 12.8. The van der Waals surface area contributed by atoms with Crippen LogP contribution in [0.4, 0.5) is 0 Å². The van der Waals surface area contributed by atoms with E-state index in [1.54, 1.807) is 0 Å². The topological polar surface area (TPSA) is 41.6 Å². The van der Waals surface area contributed by atoms with Crippen LogP contribution in [0, 0.1) is 5.92 Å². The summed E-state index contributed by atoms with van der Waals surface area (Å²) in [6.07, 6.45) is 5.66. The number of nitrogens with zero attached hydrogens (tertiary/aromatic N) is 1. The number of ether oxygens (including phenoxy) is 1. The van der Waals surface area contributed by atoms with Gasteiger partial charge in [0.1, 0.15) is 6.10 Å². The van der Waals surface area contributed by atoms with E-state index >= 15 is 0 Å². The second-order valence-corrected chi connectivity index (χ2v) is 6.22. The van der Waals surface area contributed by atoms with Crippen LogP contribution in [-0.4, -0.2) is 49.2 Å². The molecule has 0 spiro atoms. The number of halogens is 1. The number of amides is 1. The maximum atomic E-state index is 12.6. The van der Waals surface area contributed by atoms with Crippen LogP contribution in [0.1, 0.15) is 46.0 Å². The van der Waals surface area contributed by atoms with E-state index in [2.05, 4.69) is 24.1 Å². The summed E-state index contributed by atoms with van der Waals surface area (Å²) in [4.78, 5) is 14.7. The van der Waals surface area contributed by atoms with Crippen molar-refractivity contribution in [2.75, 3.05) is 26.2 Å². The number of likely N-dealkylation sites (tertiary alicyclic amines) is 1. The van der Waals surface area contributed by atoms with Crippen molar-refractivity contribution in [3.05, 3.63) is 0 Å². The summed E-state index contributed by atoms with van der Waals surface area (Å²) in [7, 11) is 0. The molecule has 5 heteroatoms. The molecule has 2 aliphatic heterocycles. The van der Waals surface area contributed by atoms with Gasteiger partial charge in [0.25, 0.3) is 5.91 Å². The Morgan fingerprint density at radius 2 is 2.20 bits per heavy atom. The zero-order chi connectivity index (χ0) is 13.7. The molecule has 2 fully saturated rings. The minimum Gasteiger partial charge on any atom is -0.366 e. The minimum absolute atomic E-state index is 0. The number of carbonyl (C=O) groups excluding carboxylic acids is 1. The molecule has 0 aromatic carbocycles. The van der Waals surface area contributed by atoms with Gasteiger partial charge in [-0.25, -0.2) is 0 Å². The summed E-state index contributed by atoms with van der Waals surface area (Å²) in [5.74, 6) is 0.923. The summed E-state index contributed by atoms with van der Waals surface area (Å²) in [5.41, 5.74) is 0. The van der Waals surface area contributed by atoms with Crippen molar-refractivity contribution in [1.29, 1.82) is 0 Å². The predicted octanol–water partition coefficient (Wildman–Crippen LogP) is 2.21. The fourth-order valence-corrected chi connectivity index (χ4v) is 3.03. The van der Waals surface area contributed by atoms with E-state index in [0.717, 1.165) is 25.9 Å². The second-order valence-electron chi connectivity index (χ2n) is 6.22. The number of hydrogen-bond acceptors (Lipinski definition) is 3. The standard InChI is InChI=1S/C15H28N2O2.ClH/c1-12(2)6-7-13-5-3-4-9-17(13)15(18)14-11-16-8-10-19-14;/h12-14,16H,3-11H2,1-2H3;1H. The van der Waals surface area contributed by atoms with Gasteiger partial charge in [-0.15, -0.1) is 12.4 Å². The van der Waals surface area contributed by atoms with Crippen molar-refractivity contribution < 1.29 is 9.53 Å². The van der Waals surface area contributed by atoms with Gasteiger partial charge in [-0.1, -0.05) is 13.8 Å². The third-order valence-corrected chi connectivity index (χ3v) is 4.19. The summed E-state index contributed by atoms with van der Waals surface area (Å²) in [6, 6.07) is 0.439. The molecular weight excluding hydrogens is 276 g/mol. The average molecular weight is 305 g/mol. The SMILES string of the molecule is CC(C)CCC1CCCCN1C(=O)C1CNCCO1.Cl. The van der Waals surface area contributed by atoms with Gasteiger partial charge in [-0.05, 0) is 38.0 Å². The molecule has 20 heavy (non-hydrogen) atoms. The van der Waals surface area contributed by atoms with E-state index in [4.69, 9.17) is 4.74 Å². The van der Waals surface area contributed by atoms with Crippen LogP contribution >= 0.6 is 12.4 Å². The van der Waals surface area contributed by atoms with Gasteiger partial charge in [-0.3, -0.25) is 4.79 Å². The highest BCUT2D eigenvalue weighted by molar-refractivity contribution is 5.85. The van der Waals surface area contributed by atoms with Crippen LogP contribution in [-0.2, 0) is 9.53 Å². The third kappa shape index (κ3) is 4.90. The van der Waals surface area contributed by atoms with E-state index in [9.17, 15) is 4.79 Å². The fraction of sp³-hybridized carbons (Fsp3) is 0.933. The normalized spacial score (nSPS) is 27.2. The first-order valence-electron chi connectivity index (χ1n) is 7.81. The van der Waals surface area contributed by atoms with Gasteiger partial charge in [0, 0.05) is 25.7 Å². The Morgan fingerprint density at radius 1 is 1.40 bits per heavy atom. The first kappa shape index (κ1) is 17.7. The van der Waals surface area contributed by atoms with Gasteiger partial charge in [-0.2, -0.15) is 0 Å². The van der Waals surface area contributed by atoms with Crippen LogP contribution in [0.3, 0.4) is 0 Å². The van der Waals surface area contributed by atoms with Gasteiger partial charge < -0.3 is 15.0 Å². The Labute approximate surface area is 129 Å². The van der Waals surface area contributed by atoms with E-state index < -0.39 is 0 Å². The largest absolute Gasteiger partial charge is 0.366 e. The molecule has 0 aliphatic carbocycles. The molecule has 1 amide bonds. The molecule has 2 heterocycles. The molecule has 2 rings (SSSR count). The quantitative estimate of drug-likeness (QED) is 0.866. The van der Waals surface area contributed by atoms with Crippen molar-refractivity contribution in [3.8, 4) is 0 Å². The molecule has 2 atom stereocenters. The van der Waals surface area contributed by atoms with Crippen molar-refractivity contribution in [1.82, 2.24) is 10.2 Å². The van der Waals surface area contributed by atoms with Gasteiger partial charge >= 0.3 is 0 Å². The molecular formula is C15H29ClN2O2. The lowest BCUT2D eigenvalue weighted by Crippen LogP contribution is -2.53. The van der Waals surface area contributed by atoms with Crippen molar-refractivity contribution in [2.24, 2.45) is 5.92 Å². The van der Waals surface area contributed by atoms with Gasteiger partial charge in [0.15, 0.2) is 0 Å². The van der Waals surface area contributed by atoms with E-state index in [1.807, 2.05) is 0 Å². The smallest absolute Gasteiger partial charge is 0.253 e. The molecule has 0 radical (unpaired) electrons. The third-order valence-electron chi connectivity index (χ3n) is 4.19. The van der Waals surface area contributed by atoms with Crippen LogP contribution in [0.25, 0.3) is 0 Å². The second kappa shape index (κ2) is 8.85. The van der Waals surface area contributed by atoms with Crippen molar-refractivity contribution in [3.63, 3.8) is 0 Å². The van der Waals surface area contributed by atoms with E-state index in [-0.39, 0.29) is 24.4 Å². The molecule has 1 N–H and O–H groups in total. The summed E-state index contributed by atoms with van der Waals surface area (Å²) >= 11 is 0. The van der Waals surface area contributed by atoms with Crippen LogP contribution in [0.5, 0.6) is 0 Å². The summed E-state index contributed by atoms with van der Waals surface area (Å²) in [5, 5.41) is 3.25. The summed E-state index contributed by atoms with van der Waals surface area (Å²) in [6.45, 7) is 7.61. The molecule has 2 unspecified atom stereocenters. The number of morpholine rings is 1. The molecule has 0 bridgehead atoms. The van der Waals surface area contributed by atoms with Crippen LogP contribution in [0.2, 0.25) is 0 Å². The fourth-order valence-electron chi connectivity index (χ4n) is 3.03. The van der Waals surface area contributed by atoms with Gasteiger partial charge in [0.2, 0.25) is 0 Å². The molecule has 2 saturated heterocycles. The maximum Gasteiger partial charge on any atom is 0.253 e. The first-order valence-corrected chi connectivity index (χ1v) is 7.81. The highest BCUT2D eigenvalue weighted by atomic mass is 35.5.